The first-order valence-electron chi connectivity index (χ1n) is 9.27. The molecule has 0 heterocycles. The number of carbonyl (C=O) groups excluding carboxylic acids is 2. The summed E-state index contributed by atoms with van der Waals surface area (Å²) in [7, 11) is 1.59. The summed E-state index contributed by atoms with van der Waals surface area (Å²) in [4.78, 5) is 24.7. The molecule has 6 heteroatoms. The van der Waals surface area contributed by atoms with Crippen LogP contribution >= 0.6 is 0 Å². The molecule has 0 unspecified atom stereocenters. The second kappa shape index (κ2) is 9.89. The van der Waals surface area contributed by atoms with Crippen molar-refractivity contribution in [2.75, 3.05) is 13.7 Å². The Balaban J connectivity index is 1.62. The SMILES string of the molecule is COc1ccc(CNC(=O)COC(=O)c2ccccc2-c2ccccc2C#N)cc1. The quantitative estimate of drug-likeness (QED) is 0.611. The highest BCUT2D eigenvalue weighted by Crippen LogP contribution is 2.27. The van der Waals surface area contributed by atoms with Crippen molar-refractivity contribution in [3.8, 4) is 22.9 Å². The molecule has 0 aromatic heterocycles. The topological polar surface area (TPSA) is 88.4 Å². The Bertz CT molecular complexity index is 1080. The van der Waals surface area contributed by atoms with Gasteiger partial charge in [-0.2, -0.15) is 5.26 Å². The van der Waals surface area contributed by atoms with E-state index in [1.165, 1.54) is 0 Å². The van der Waals surface area contributed by atoms with Gasteiger partial charge in [0.2, 0.25) is 0 Å². The van der Waals surface area contributed by atoms with E-state index in [4.69, 9.17) is 9.47 Å². The number of nitrogens with one attached hydrogen (secondary N) is 1. The molecule has 0 aliphatic heterocycles. The summed E-state index contributed by atoms with van der Waals surface area (Å²) in [6.07, 6.45) is 0. The third-order valence-electron chi connectivity index (χ3n) is 4.47. The third kappa shape index (κ3) is 5.03. The Kier molecular flexibility index (Phi) is 6.80. The summed E-state index contributed by atoms with van der Waals surface area (Å²) in [5, 5.41) is 12.0. The van der Waals surface area contributed by atoms with Crippen molar-refractivity contribution >= 4 is 11.9 Å². The molecule has 3 aromatic rings. The molecule has 0 aliphatic rings. The normalized spacial score (nSPS) is 10.0. The van der Waals surface area contributed by atoms with Crippen LogP contribution in [0.3, 0.4) is 0 Å². The van der Waals surface area contributed by atoms with Gasteiger partial charge in [-0.15, -0.1) is 0 Å². The fourth-order valence-electron chi connectivity index (χ4n) is 2.92. The molecule has 6 nitrogen and oxygen atoms in total. The van der Waals surface area contributed by atoms with Crippen LogP contribution < -0.4 is 10.1 Å². The van der Waals surface area contributed by atoms with Crippen molar-refractivity contribution in [2.45, 2.75) is 6.54 Å². The summed E-state index contributed by atoms with van der Waals surface area (Å²) in [6.45, 7) is -0.0876. The molecule has 30 heavy (non-hydrogen) atoms. The molecule has 0 saturated carbocycles. The van der Waals surface area contributed by atoms with E-state index in [2.05, 4.69) is 11.4 Å². The van der Waals surface area contributed by atoms with E-state index in [9.17, 15) is 14.9 Å². The van der Waals surface area contributed by atoms with Crippen molar-refractivity contribution < 1.29 is 19.1 Å². The molecule has 0 saturated heterocycles. The highest BCUT2D eigenvalue weighted by molar-refractivity contribution is 5.98. The minimum absolute atomic E-state index is 0.295. The van der Waals surface area contributed by atoms with Gasteiger partial charge in [0.1, 0.15) is 5.75 Å². The van der Waals surface area contributed by atoms with Crippen molar-refractivity contribution in [1.82, 2.24) is 5.32 Å². The number of esters is 1. The first-order valence-corrected chi connectivity index (χ1v) is 9.27. The van der Waals surface area contributed by atoms with Crippen LogP contribution in [0.2, 0.25) is 0 Å². The Hall–Kier alpha value is -4.11. The number of amides is 1. The van der Waals surface area contributed by atoms with Gasteiger partial charge in [-0.3, -0.25) is 4.79 Å². The largest absolute Gasteiger partial charge is 0.497 e. The number of carbonyl (C=O) groups is 2. The molecule has 0 fully saturated rings. The van der Waals surface area contributed by atoms with Crippen molar-refractivity contribution in [3.63, 3.8) is 0 Å². The molecule has 150 valence electrons. The van der Waals surface area contributed by atoms with Crippen molar-refractivity contribution in [2.24, 2.45) is 0 Å². The second-order valence-corrected chi connectivity index (χ2v) is 6.40. The second-order valence-electron chi connectivity index (χ2n) is 6.40. The monoisotopic (exact) mass is 400 g/mol. The maximum Gasteiger partial charge on any atom is 0.339 e. The van der Waals surface area contributed by atoms with Crippen molar-refractivity contribution in [1.29, 1.82) is 5.26 Å². The Morgan fingerprint density at radius 3 is 2.30 bits per heavy atom. The standard InChI is InChI=1S/C24H20N2O4/c1-29-19-12-10-17(11-13-19)15-26-23(27)16-30-24(28)22-9-5-4-8-21(22)20-7-3-2-6-18(20)14-25/h2-13H,15-16H2,1H3,(H,26,27). The zero-order valence-corrected chi connectivity index (χ0v) is 16.4. The Labute approximate surface area is 174 Å². The van der Waals surface area contributed by atoms with E-state index in [1.807, 2.05) is 12.1 Å². The van der Waals surface area contributed by atoms with Crippen LogP contribution in [0, 0.1) is 11.3 Å². The molecule has 3 rings (SSSR count). The molecule has 0 spiro atoms. The molecule has 0 bridgehead atoms. The summed E-state index contributed by atoms with van der Waals surface area (Å²) in [5.41, 5.74) is 2.86. The predicted molar refractivity (Wildman–Crippen MR) is 112 cm³/mol. The van der Waals surface area contributed by atoms with Gasteiger partial charge in [0.25, 0.3) is 5.91 Å². The van der Waals surface area contributed by atoms with Crippen LogP contribution in [-0.4, -0.2) is 25.6 Å². The van der Waals surface area contributed by atoms with E-state index in [-0.39, 0.29) is 0 Å². The predicted octanol–water partition coefficient (Wildman–Crippen LogP) is 3.71. The molecule has 0 radical (unpaired) electrons. The molecular weight excluding hydrogens is 380 g/mol. The van der Waals surface area contributed by atoms with Crippen LogP contribution in [0.25, 0.3) is 11.1 Å². The zero-order chi connectivity index (χ0) is 21.3. The van der Waals surface area contributed by atoms with E-state index in [0.29, 0.717) is 28.8 Å². The van der Waals surface area contributed by atoms with Gasteiger partial charge in [0.05, 0.1) is 24.3 Å². The fourth-order valence-corrected chi connectivity index (χ4v) is 2.92. The molecule has 3 aromatic carbocycles. The summed E-state index contributed by atoms with van der Waals surface area (Å²) >= 11 is 0. The summed E-state index contributed by atoms with van der Waals surface area (Å²) < 4.78 is 10.3. The zero-order valence-electron chi connectivity index (χ0n) is 16.4. The Morgan fingerprint density at radius 2 is 1.60 bits per heavy atom. The van der Waals surface area contributed by atoms with Gasteiger partial charge >= 0.3 is 5.97 Å². The van der Waals surface area contributed by atoms with Crippen LogP contribution in [0.5, 0.6) is 5.75 Å². The first kappa shape index (κ1) is 20.6. The lowest BCUT2D eigenvalue weighted by molar-refractivity contribution is -0.124. The third-order valence-corrected chi connectivity index (χ3v) is 4.47. The van der Waals surface area contributed by atoms with Crippen molar-refractivity contribution in [3.05, 3.63) is 89.5 Å². The van der Waals surface area contributed by atoms with E-state index in [0.717, 1.165) is 11.3 Å². The minimum Gasteiger partial charge on any atom is -0.497 e. The smallest absolute Gasteiger partial charge is 0.339 e. The lowest BCUT2D eigenvalue weighted by atomic mass is 9.96. The number of ether oxygens (including phenoxy) is 2. The van der Waals surface area contributed by atoms with Gasteiger partial charge in [0.15, 0.2) is 6.61 Å². The number of methoxy groups -OCH3 is 1. The lowest BCUT2D eigenvalue weighted by Crippen LogP contribution is -2.28. The van der Waals surface area contributed by atoms with Gasteiger partial charge in [-0.25, -0.2) is 4.79 Å². The van der Waals surface area contributed by atoms with Gasteiger partial charge in [-0.1, -0.05) is 48.5 Å². The number of rotatable bonds is 7. The maximum atomic E-state index is 12.6. The number of benzene rings is 3. The minimum atomic E-state index is -0.627. The summed E-state index contributed by atoms with van der Waals surface area (Å²) in [5.74, 6) is -0.303. The van der Waals surface area contributed by atoms with Gasteiger partial charge in [-0.05, 0) is 35.4 Å². The molecule has 1 N–H and O–H groups in total. The van der Waals surface area contributed by atoms with E-state index >= 15 is 0 Å². The highest BCUT2D eigenvalue weighted by atomic mass is 16.5. The molecule has 0 atom stereocenters. The van der Waals surface area contributed by atoms with Crippen LogP contribution in [-0.2, 0) is 16.1 Å². The van der Waals surface area contributed by atoms with E-state index in [1.54, 1.807) is 67.8 Å². The average Bonchev–Trinajstić information content (AvgIpc) is 2.81. The molecule has 1 amide bonds. The van der Waals surface area contributed by atoms with Crippen LogP contribution in [0.1, 0.15) is 21.5 Å². The Morgan fingerprint density at radius 1 is 0.933 bits per heavy atom. The van der Waals surface area contributed by atoms with Gasteiger partial charge < -0.3 is 14.8 Å². The fraction of sp³-hybridized carbons (Fsp3) is 0.125. The highest BCUT2D eigenvalue weighted by Gasteiger charge is 2.17. The number of nitrogens with zero attached hydrogens (tertiary/aromatic N) is 1. The van der Waals surface area contributed by atoms with Gasteiger partial charge in [0, 0.05) is 12.1 Å². The van der Waals surface area contributed by atoms with Crippen LogP contribution in [0.15, 0.2) is 72.8 Å². The summed E-state index contributed by atoms with van der Waals surface area (Å²) in [6, 6.07) is 23.3. The maximum absolute atomic E-state index is 12.6. The first-order chi connectivity index (χ1) is 14.6. The number of hydrogen-bond acceptors (Lipinski definition) is 5. The number of nitriles is 1. The lowest BCUT2D eigenvalue weighted by Gasteiger charge is -2.11. The van der Waals surface area contributed by atoms with E-state index < -0.39 is 18.5 Å². The number of hydrogen-bond donors (Lipinski definition) is 1. The average molecular weight is 400 g/mol. The molecular formula is C24H20N2O4. The van der Waals surface area contributed by atoms with Crippen LogP contribution in [0.4, 0.5) is 0 Å². The molecule has 0 aliphatic carbocycles.